The van der Waals surface area contributed by atoms with Crippen molar-refractivity contribution in [2.75, 3.05) is 13.1 Å². The van der Waals surface area contributed by atoms with Crippen LogP contribution in [0.5, 0.6) is 0 Å². The lowest BCUT2D eigenvalue weighted by molar-refractivity contribution is 0.337. The first kappa shape index (κ1) is 18.5. The molecule has 1 aliphatic rings. The lowest BCUT2D eigenvalue weighted by atomic mass is 9.95. The summed E-state index contributed by atoms with van der Waals surface area (Å²) in [5, 5.41) is 4.21. The molecule has 140 valence electrons. The zero-order chi connectivity index (χ0) is 18.5. The molecule has 0 amide bonds. The fourth-order valence-electron chi connectivity index (χ4n) is 3.43. The summed E-state index contributed by atoms with van der Waals surface area (Å²) in [6.45, 7) is 8.55. The molecule has 1 fully saturated rings. The molecule has 5 nitrogen and oxygen atoms in total. The highest BCUT2D eigenvalue weighted by molar-refractivity contribution is 5.80. The molecule has 0 bridgehead atoms. The standard InChI is InChI=1S/C21H30N4O/c1-15(2)13-17-7-9-18(10-8-17)16(3)19-14-20(26-24-19)23-21(22)25-11-5-4-6-12-25/h7-10,14-16H,4-6,11-13H2,1-3H3,(H2,22,23). The van der Waals surface area contributed by atoms with Crippen LogP contribution in [0, 0.1) is 5.92 Å². The summed E-state index contributed by atoms with van der Waals surface area (Å²) < 4.78 is 5.40. The van der Waals surface area contributed by atoms with Crippen molar-refractivity contribution in [3.8, 4) is 0 Å². The Morgan fingerprint density at radius 1 is 1.15 bits per heavy atom. The highest BCUT2D eigenvalue weighted by Gasteiger charge is 2.16. The van der Waals surface area contributed by atoms with Gasteiger partial charge < -0.3 is 15.2 Å². The summed E-state index contributed by atoms with van der Waals surface area (Å²) >= 11 is 0. The van der Waals surface area contributed by atoms with E-state index in [1.165, 1.54) is 30.4 Å². The zero-order valence-corrected chi connectivity index (χ0v) is 16.1. The third-order valence-corrected chi connectivity index (χ3v) is 4.99. The minimum atomic E-state index is 0.159. The van der Waals surface area contributed by atoms with Gasteiger partial charge in [0.05, 0.1) is 5.69 Å². The summed E-state index contributed by atoms with van der Waals surface area (Å²) in [6, 6.07) is 10.7. The van der Waals surface area contributed by atoms with E-state index in [0.717, 1.165) is 25.2 Å². The number of rotatable bonds is 5. The van der Waals surface area contributed by atoms with Crippen LogP contribution in [0.3, 0.4) is 0 Å². The van der Waals surface area contributed by atoms with Crippen molar-refractivity contribution in [3.63, 3.8) is 0 Å². The second-order valence-electron chi connectivity index (χ2n) is 7.67. The predicted octanol–water partition coefficient (Wildman–Crippen LogP) is 4.46. The summed E-state index contributed by atoms with van der Waals surface area (Å²) in [6.07, 6.45) is 4.71. The van der Waals surface area contributed by atoms with Crippen molar-refractivity contribution in [3.05, 3.63) is 47.2 Å². The topological polar surface area (TPSA) is 67.7 Å². The maximum absolute atomic E-state index is 6.12. The van der Waals surface area contributed by atoms with E-state index in [0.29, 0.717) is 17.8 Å². The Morgan fingerprint density at radius 3 is 2.50 bits per heavy atom. The van der Waals surface area contributed by atoms with Crippen molar-refractivity contribution in [2.24, 2.45) is 16.6 Å². The zero-order valence-electron chi connectivity index (χ0n) is 16.1. The van der Waals surface area contributed by atoms with Gasteiger partial charge in [-0.05, 0) is 42.7 Å². The van der Waals surface area contributed by atoms with E-state index in [2.05, 4.69) is 60.1 Å². The van der Waals surface area contributed by atoms with Crippen LogP contribution >= 0.6 is 0 Å². The second kappa shape index (κ2) is 8.39. The van der Waals surface area contributed by atoms with Crippen LogP contribution < -0.4 is 5.73 Å². The first-order chi connectivity index (χ1) is 12.5. The van der Waals surface area contributed by atoms with E-state index >= 15 is 0 Å². The van der Waals surface area contributed by atoms with Crippen LogP contribution in [-0.2, 0) is 6.42 Å². The number of guanidine groups is 1. The fraction of sp³-hybridized carbons (Fsp3) is 0.524. The highest BCUT2D eigenvalue weighted by atomic mass is 16.5. The molecule has 0 aliphatic carbocycles. The Morgan fingerprint density at radius 2 is 1.85 bits per heavy atom. The van der Waals surface area contributed by atoms with E-state index in [-0.39, 0.29) is 5.92 Å². The van der Waals surface area contributed by atoms with Gasteiger partial charge in [-0.2, -0.15) is 4.99 Å². The number of hydrogen-bond donors (Lipinski definition) is 1. The van der Waals surface area contributed by atoms with E-state index in [1.807, 2.05) is 6.07 Å². The molecule has 2 aromatic rings. The minimum Gasteiger partial charge on any atom is -0.369 e. The van der Waals surface area contributed by atoms with Crippen LogP contribution in [0.1, 0.15) is 62.8 Å². The maximum atomic E-state index is 6.12. The van der Waals surface area contributed by atoms with Crippen LogP contribution in [0.25, 0.3) is 0 Å². The van der Waals surface area contributed by atoms with Crippen molar-refractivity contribution >= 4 is 11.8 Å². The molecule has 0 spiro atoms. The van der Waals surface area contributed by atoms with Gasteiger partial charge in [-0.15, -0.1) is 0 Å². The van der Waals surface area contributed by atoms with E-state index in [4.69, 9.17) is 10.3 Å². The molecule has 5 heteroatoms. The van der Waals surface area contributed by atoms with Crippen molar-refractivity contribution in [1.82, 2.24) is 10.1 Å². The van der Waals surface area contributed by atoms with E-state index in [1.54, 1.807) is 0 Å². The number of hydrogen-bond acceptors (Lipinski definition) is 3. The number of piperidine rings is 1. The van der Waals surface area contributed by atoms with Gasteiger partial charge in [-0.3, -0.25) is 0 Å². The molecule has 1 aromatic carbocycles. The van der Waals surface area contributed by atoms with E-state index in [9.17, 15) is 0 Å². The van der Waals surface area contributed by atoms with Gasteiger partial charge in [0, 0.05) is 25.1 Å². The van der Waals surface area contributed by atoms with Gasteiger partial charge in [0.2, 0.25) is 0 Å². The molecule has 1 aromatic heterocycles. The Hall–Kier alpha value is -2.30. The molecule has 1 aliphatic heterocycles. The van der Waals surface area contributed by atoms with Gasteiger partial charge in [-0.1, -0.05) is 50.2 Å². The largest absolute Gasteiger partial charge is 0.369 e. The maximum Gasteiger partial charge on any atom is 0.253 e. The Balaban J connectivity index is 1.68. The Bertz CT molecular complexity index is 727. The van der Waals surface area contributed by atoms with Gasteiger partial charge in [0.25, 0.3) is 5.88 Å². The third kappa shape index (κ3) is 4.65. The summed E-state index contributed by atoms with van der Waals surface area (Å²) in [7, 11) is 0. The Labute approximate surface area is 156 Å². The quantitative estimate of drug-likeness (QED) is 0.636. The number of aromatic nitrogens is 1. The molecule has 3 rings (SSSR count). The number of likely N-dealkylation sites (tertiary alicyclic amines) is 1. The number of nitrogens with zero attached hydrogens (tertiary/aromatic N) is 3. The third-order valence-electron chi connectivity index (χ3n) is 4.99. The molecule has 2 N–H and O–H groups in total. The number of benzene rings is 1. The normalized spacial score (nSPS) is 16.9. The average molecular weight is 354 g/mol. The predicted molar refractivity (Wildman–Crippen MR) is 106 cm³/mol. The van der Waals surface area contributed by atoms with Crippen LogP contribution in [0.4, 0.5) is 5.88 Å². The molecule has 1 saturated heterocycles. The van der Waals surface area contributed by atoms with Crippen LogP contribution in [-0.4, -0.2) is 29.1 Å². The molecule has 1 atom stereocenters. The fourth-order valence-corrected chi connectivity index (χ4v) is 3.43. The molecule has 1 unspecified atom stereocenters. The molecular weight excluding hydrogens is 324 g/mol. The average Bonchev–Trinajstić information content (AvgIpc) is 3.10. The first-order valence-corrected chi connectivity index (χ1v) is 9.67. The van der Waals surface area contributed by atoms with Crippen LogP contribution in [0.2, 0.25) is 0 Å². The molecule has 0 radical (unpaired) electrons. The lowest BCUT2D eigenvalue weighted by Crippen LogP contribution is -2.40. The smallest absolute Gasteiger partial charge is 0.253 e. The first-order valence-electron chi connectivity index (χ1n) is 9.67. The van der Waals surface area contributed by atoms with Crippen LogP contribution in [0.15, 0.2) is 39.8 Å². The molecule has 0 saturated carbocycles. The Kier molecular flexibility index (Phi) is 5.96. The molecule has 26 heavy (non-hydrogen) atoms. The van der Waals surface area contributed by atoms with Gasteiger partial charge in [0.15, 0.2) is 5.96 Å². The molecular formula is C21H30N4O. The van der Waals surface area contributed by atoms with E-state index < -0.39 is 0 Å². The van der Waals surface area contributed by atoms with Gasteiger partial charge in [0.1, 0.15) is 0 Å². The highest BCUT2D eigenvalue weighted by Crippen LogP contribution is 2.27. The van der Waals surface area contributed by atoms with Crippen molar-refractivity contribution in [1.29, 1.82) is 0 Å². The SMILES string of the molecule is CC(C)Cc1ccc(C(C)c2cc(/N=C(\N)N3CCCCC3)on2)cc1. The van der Waals surface area contributed by atoms with Crippen molar-refractivity contribution < 1.29 is 4.52 Å². The summed E-state index contributed by atoms with van der Waals surface area (Å²) in [4.78, 5) is 6.53. The van der Waals surface area contributed by atoms with Gasteiger partial charge >= 0.3 is 0 Å². The summed E-state index contributed by atoms with van der Waals surface area (Å²) in [5.41, 5.74) is 9.60. The van der Waals surface area contributed by atoms with Gasteiger partial charge in [-0.25, -0.2) is 0 Å². The molecule has 2 heterocycles. The second-order valence-corrected chi connectivity index (χ2v) is 7.67. The van der Waals surface area contributed by atoms with Crippen molar-refractivity contribution in [2.45, 2.75) is 52.4 Å². The number of nitrogens with two attached hydrogens (primary N) is 1. The monoisotopic (exact) mass is 354 g/mol. The number of aliphatic imine (C=N–C) groups is 1. The lowest BCUT2D eigenvalue weighted by Gasteiger charge is -2.27. The minimum absolute atomic E-state index is 0.159. The summed E-state index contributed by atoms with van der Waals surface area (Å²) in [5.74, 6) is 1.83.